The normalized spacial score (nSPS) is 15.5. The van der Waals surface area contributed by atoms with Crippen molar-refractivity contribution >= 4 is 11.8 Å². The van der Waals surface area contributed by atoms with Gasteiger partial charge in [-0.15, -0.1) is 0 Å². The second kappa shape index (κ2) is 8.84. The van der Waals surface area contributed by atoms with Crippen molar-refractivity contribution in [3.05, 3.63) is 53.6 Å². The van der Waals surface area contributed by atoms with Crippen LogP contribution in [0.4, 0.5) is 0 Å². The highest BCUT2D eigenvalue weighted by molar-refractivity contribution is 5.97. The summed E-state index contributed by atoms with van der Waals surface area (Å²) in [6.45, 7) is 5.37. The lowest BCUT2D eigenvalue weighted by Gasteiger charge is -2.23. The van der Waals surface area contributed by atoms with Gasteiger partial charge in [0.05, 0.1) is 12.2 Å². The summed E-state index contributed by atoms with van der Waals surface area (Å²) < 4.78 is 2.17. The predicted octanol–water partition coefficient (Wildman–Crippen LogP) is 2.68. The number of nitrogens with zero attached hydrogens (tertiary/aromatic N) is 2. The number of rotatable bonds is 7. The second-order valence-electron chi connectivity index (χ2n) is 7.22. The Kier molecular flexibility index (Phi) is 6.27. The molecule has 2 aromatic rings. The minimum Gasteiger partial charge on any atom is -0.349 e. The van der Waals surface area contributed by atoms with E-state index in [4.69, 9.17) is 0 Å². The number of fused-ring (bicyclic) bond motifs is 1. The van der Waals surface area contributed by atoms with Gasteiger partial charge in [0, 0.05) is 24.7 Å². The van der Waals surface area contributed by atoms with Crippen LogP contribution < -0.4 is 10.6 Å². The monoisotopic (exact) mass is 368 g/mol. The van der Waals surface area contributed by atoms with Crippen molar-refractivity contribution in [1.82, 2.24) is 20.2 Å². The first kappa shape index (κ1) is 19.1. The molecule has 6 heteroatoms. The molecule has 0 spiro atoms. The number of aromatic nitrogens is 2. The Morgan fingerprint density at radius 3 is 2.70 bits per heavy atom. The Morgan fingerprint density at radius 1 is 1.22 bits per heavy atom. The fourth-order valence-electron chi connectivity index (χ4n) is 3.36. The molecule has 0 saturated carbocycles. The molecule has 2 unspecified atom stereocenters. The highest BCUT2D eigenvalue weighted by atomic mass is 16.2. The molecule has 0 bridgehead atoms. The van der Waals surface area contributed by atoms with Crippen molar-refractivity contribution < 1.29 is 9.59 Å². The molecule has 1 aliphatic heterocycles. The number of nitrogens with one attached hydrogen (secondary N) is 2. The number of amides is 2. The maximum atomic E-state index is 12.8. The van der Waals surface area contributed by atoms with Gasteiger partial charge in [-0.05, 0) is 30.9 Å². The van der Waals surface area contributed by atoms with E-state index in [0.29, 0.717) is 12.1 Å². The molecule has 2 N–H and O–H groups in total. The van der Waals surface area contributed by atoms with Crippen molar-refractivity contribution in [1.29, 1.82) is 0 Å². The van der Waals surface area contributed by atoms with Crippen LogP contribution in [0.2, 0.25) is 0 Å². The SMILES string of the molecule is CCC(C)C(NC(=O)c1ccccc1)C(=O)NCc1cn2c(n1)CCCC2. The van der Waals surface area contributed by atoms with E-state index in [-0.39, 0.29) is 17.7 Å². The maximum absolute atomic E-state index is 12.8. The lowest BCUT2D eigenvalue weighted by Crippen LogP contribution is -2.50. The molecule has 3 rings (SSSR count). The minimum atomic E-state index is -0.569. The third-order valence-corrected chi connectivity index (χ3v) is 5.22. The molecule has 2 heterocycles. The molecule has 1 aromatic carbocycles. The highest BCUT2D eigenvalue weighted by Crippen LogP contribution is 2.15. The van der Waals surface area contributed by atoms with Gasteiger partial charge in [0.1, 0.15) is 11.9 Å². The van der Waals surface area contributed by atoms with Crippen LogP contribution in [-0.4, -0.2) is 27.4 Å². The quantitative estimate of drug-likeness (QED) is 0.789. The number of hydrogen-bond donors (Lipinski definition) is 2. The van der Waals surface area contributed by atoms with E-state index >= 15 is 0 Å². The van der Waals surface area contributed by atoms with Crippen molar-refractivity contribution in [2.75, 3.05) is 0 Å². The van der Waals surface area contributed by atoms with Crippen LogP contribution in [0.1, 0.15) is 55.0 Å². The van der Waals surface area contributed by atoms with Gasteiger partial charge >= 0.3 is 0 Å². The average molecular weight is 368 g/mol. The zero-order chi connectivity index (χ0) is 19.2. The molecule has 2 amide bonds. The Labute approximate surface area is 160 Å². The summed E-state index contributed by atoms with van der Waals surface area (Å²) >= 11 is 0. The molecule has 1 aromatic heterocycles. The van der Waals surface area contributed by atoms with Crippen molar-refractivity contribution in [2.24, 2.45) is 5.92 Å². The third kappa shape index (κ3) is 4.76. The van der Waals surface area contributed by atoms with Crippen LogP contribution in [-0.2, 0) is 24.3 Å². The van der Waals surface area contributed by atoms with Crippen molar-refractivity contribution in [3.63, 3.8) is 0 Å². The fraction of sp³-hybridized carbons (Fsp3) is 0.476. The molecule has 6 nitrogen and oxygen atoms in total. The largest absolute Gasteiger partial charge is 0.349 e. The first-order valence-corrected chi connectivity index (χ1v) is 9.77. The van der Waals surface area contributed by atoms with Gasteiger partial charge in [-0.3, -0.25) is 9.59 Å². The lowest BCUT2D eigenvalue weighted by atomic mass is 9.98. The fourth-order valence-corrected chi connectivity index (χ4v) is 3.36. The average Bonchev–Trinajstić information content (AvgIpc) is 3.13. The Hall–Kier alpha value is -2.63. The van der Waals surface area contributed by atoms with Gasteiger partial charge in [0.25, 0.3) is 5.91 Å². The predicted molar refractivity (Wildman–Crippen MR) is 104 cm³/mol. The van der Waals surface area contributed by atoms with Crippen LogP contribution in [0.25, 0.3) is 0 Å². The standard InChI is InChI=1S/C21H28N4O2/c1-3-15(2)19(24-20(26)16-9-5-4-6-10-16)21(27)22-13-17-14-25-12-8-7-11-18(25)23-17/h4-6,9-10,14-15,19H,3,7-8,11-13H2,1-2H3,(H,22,27)(H,24,26). The number of carbonyl (C=O) groups is 2. The van der Waals surface area contributed by atoms with Gasteiger partial charge < -0.3 is 15.2 Å². The molecular weight excluding hydrogens is 340 g/mol. The van der Waals surface area contributed by atoms with E-state index < -0.39 is 6.04 Å². The maximum Gasteiger partial charge on any atom is 0.251 e. The summed E-state index contributed by atoms with van der Waals surface area (Å²) in [6.07, 6.45) is 6.17. The van der Waals surface area contributed by atoms with Crippen LogP contribution in [0.5, 0.6) is 0 Å². The molecule has 27 heavy (non-hydrogen) atoms. The third-order valence-electron chi connectivity index (χ3n) is 5.22. The number of imidazole rings is 1. The summed E-state index contributed by atoms with van der Waals surface area (Å²) in [6, 6.07) is 8.41. The zero-order valence-electron chi connectivity index (χ0n) is 16.1. The van der Waals surface area contributed by atoms with E-state index in [0.717, 1.165) is 30.9 Å². The molecule has 1 aliphatic rings. The molecule has 0 saturated heterocycles. The van der Waals surface area contributed by atoms with E-state index in [9.17, 15) is 9.59 Å². The molecule has 0 fully saturated rings. The van der Waals surface area contributed by atoms with Crippen LogP contribution >= 0.6 is 0 Å². The van der Waals surface area contributed by atoms with Crippen LogP contribution in [0.15, 0.2) is 36.5 Å². The number of carbonyl (C=O) groups excluding carboxylic acids is 2. The molecular formula is C21H28N4O2. The number of hydrogen-bond acceptors (Lipinski definition) is 3. The van der Waals surface area contributed by atoms with Crippen LogP contribution in [0.3, 0.4) is 0 Å². The van der Waals surface area contributed by atoms with Gasteiger partial charge in [0.2, 0.25) is 5.91 Å². The van der Waals surface area contributed by atoms with Crippen LogP contribution in [0, 0.1) is 5.92 Å². The van der Waals surface area contributed by atoms with Gasteiger partial charge in [-0.1, -0.05) is 38.5 Å². The molecule has 2 atom stereocenters. The number of aryl methyl sites for hydroxylation is 2. The van der Waals surface area contributed by atoms with Crippen molar-refractivity contribution in [3.8, 4) is 0 Å². The lowest BCUT2D eigenvalue weighted by molar-refractivity contribution is -0.124. The van der Waals surface area contributed by atoms with Gasteiger partial charge in [-0.2, -0.15) is 0 Å². The first-order chi connectivity index (χ1) is 13.1. The topological polar surface area (TPSA) is 76.0 Å². The zero-order valence-corrected chi connectivity index (χ0v) is 16.1. The summed E-state index contributed by atoms with van der Waals surface area (Å²) in [5.41, 5.74) is 1.43. The summed E-state index contributed by atoms with van der Waals surface area (Å²) in [5.74, 6) is 0.738. The summed E-state index contributed by atoms with van der Waals surface area (Å²) in [7, 11) is 0. The first-order valence-electron chi connectivity index (χ1n) is 9.77. The minimum absolute atomic E-state index is 0.0351. The van der Waals surface area contributed by atoms with E-state index in [1.54, 1.807) is 12.1 Å². The second-order valence-corrected chi connectivity index (χ2v) is 7.22. The van der Waals surface area contributed by atoms with E-state index in [1.807, 2.05) is 38.2 Å². The number of benzene rings is 1. The smallest absolute Gasteiger partial charge is 0.251 e. The van der Waals surface area contributed by atoms with E-state index in [1.165, 1.54) is 12.8 Å². The molecule has 0 aliphatic carbocycles. The Morgan fingerprint density at radius 2 is 2.00 bits per heavy atom. The van der Waals surface area contributed by atoms with Crippen molar-refractivity contribution in [2.45, 2.75) is 58.7 Å². The Balaban J connectivity index is 1.63. The summed E-state index contributed by atoms with van der Waals surface area (Å²) in [4.78, 5) is 29.9. The molecule has 144 valence electrons. The van der Waals surface area contributed by atoms with Gasteiger partial charge in [-0.25, -0.2) is 4.98 Å². The molecule has 0 radical (unpaired) electrons. The summed E-state index contributed by atoms with van der Waals surface area (Å²) in [5, 5.41) is 5.84. The Bertz CT molecular complexity index is 761. The van der Waals surface area contributed by atoms with E-state index in [2.05, 4.69) is 20.2 Å². The highest BCUT2D eigenvalue weighted by Gasteiger charge is 2.26. The van der Waals surface area contributed by atoms with Gasteiger partial charge in [0.15, 0.2) is 0 Å².